The van der Waals surface area contributed by atoms with E-state index in [1.54, 1.807) is 0 Å². The molecule has 1 fully saturated rings. The van der Waals surface area contributed by atoms with Crippen LogP contribution in [0, 0.1) is 0 Å². The summed E-state index contributed by atoms with van der Waals surface area (Å²) < 4.78 is 0. The molecule has 0 spiro atoms. The van der Waals surface area contributed by atoms with Gasteiger partial charge in [0.1, 0.15) is 0 Å². The predicted molar refractivity (Wildman–Crippen MR) is 90.2 cm³/mol. The van der Waals surface area contributed by atoms with Crippen LogP contribution in [-0.4, -0.2) is 37.3 Å². The van der Waals surface area contributed by atoms with Crippen LogP contribution >= 0.6 is 36.6 Å². The normalized spacial score (nSPS) is 17.2. The molecular formula is C14H24Cl2N2S. The Kier molecular flexibility index (Phi) is 9.93. The highest BCUT2D eigenvalue weighted by Crippen LogP contribution is 2.26. The Morgan fingerprint density at radius 2 is 1.74 bits per heavy atom. The van der Waals surface area contributed by atoms with E-state index >= 15 is 0 Å². The lowest BCUT2D eigenvalue weighted by Crippen LogP contribution is -2.45. The van der Waals surface area contributed by atoms with Crippen LogP contribution in [0.1, 0.15) is 24.9 Å². The van der Waals surface area contributed by atoms with E-state index in [9.17, 15) is 0 Å². The minimum atomic E-state index is 0. The van der Waals surface area contributed by atoms with Gasteiger partial charge >= 0.3 is 0 Å². The fourth-order valence-corrected chi connectivity index (χ4v) is 2.93. The smallest absolute Gasteiger partial charge is 0.0346 e. The van der Waals surface area contributed by atoms with Crippen LogP contribution in [0.3, 0.4) is 0 Å². The molecule has 1 aliphatic rings. The van der Waals surface area contributed by atoms with Gasteiger partial charge in [0.2, 0.25) is 0 Å². The molecule has 0 amide bonds. The molecule has 0 saturated carbocycles. The van der Waals surface area contributed by atoms with E-state index < -0.39 is 0 Å². The number of hydrogen-bond donors (Lipinski definition) is 1. The molecule has 0 unspecified atom stereocenters. The van der Waals surface area contributed by atoms with Crippen LogP contribution in [0.4, 0.5) is 0 Å². The van der Waals surface area contributed by atoms with Gasteiger partial charge in [-0.1, -0.05) is 19.1 Å². The van der Waals surface area contributed by atoms with Gasteiger partial charge < -0.3 is 5.32 Å². The molecule has 0 aromatic heterocycles. The summed E-state index contributed by atoms with van der Waals surface area (Å²) in [4.78, 5) is 3.95. The second-order valence-corrected chi connectivity index (χ2v) is 5.36. The Balaban J connectivity index is 0.00000162. The lowest BCUT2D eigenvalue weighted by atomic mass is 10.0. The number of nitrogens with one attached hydrogen (secondary N) is 1. The zero-order valence-electron chi connectivity index (χ0n) is 11.6. The highest BCUT2D eigenvalue weighted by Gasteiger charge is 2.20. The van der Waals surface area contributed by atoms with Crippen molar-refractivity contribution in [1.82, 2.24) is 10.2 Å². The van der Waals surface area contributed by atoms with Gasteiger partial charge in [-0.15, -0.1) is 36.6 Å². The molecule has 0 aliphatic carbocycles. The molecule has 5 heteroatoms. The van der Waals surface area contributed by atoms with Crippen molar-refractivity contribution in [3.8, 4) is 0 Å². The van der Waals surface area contributed by atoms with Crippen molar-refractivity contribution >= 4 is 36.6 Å². The van der Waals surface area contributed by atoms with Gasteiger partial charge in [-0.05, 0) is 30.4 Å². The number of thioether (sulfide) groups is 1. The zero-order valence-corrected chi connectivity index (χ0v) is 14.0. The van der Waals surface area contributed by atoms with Gasteiger partial charge in [0.25, 0.3) is 0 Å². The Hall–Kier alpha value is 0.0700. The first kappa shape index (κ1) is 19.1. The second-order valence-electron chi connectivity index (χ2n) is 4.48. The van der Waals surface area contributed by atoms with Crippen LogP contribution in [-0.2, 0) is 0 Å². The van der Waals surface area contributed by atoms with Crippen molar-refractivity contribution in [2.45, 2.75) is 24.3 Å². The molecule has 0 bridgehead atoms. The maximum absolute atomic E-state index is 3.42. The van der Waals surface area contributed by atoms with E-state index in [1.807, 2.05) is 11.8 Å². The summed E-state index contributed by atoms with van der Waals surface area (Å²) in [5, 5.41) is 3.42. The van der Waals surface area contributed by atoms with E-state index in [1.165, 1.54) is 30.0 Å². The number of piperazine rings is 1. The lowest BCUT2D eigenvalue weighted by molar-refractivity contribution is 0.169. The molecule has 1 N–H and O–H groups in total. The maximum atomic E-state index is 3.42. The molecule has 1 aliphatic heterocycles. The van der Waals surface area contributed by atoms with Gasteiger partial charge in [0.15, 0.2) is 0 Å². The van der Waals surface area contributed by atoms with Crippen LogP contribution in [0.5, 0.6) is 0 Å². The number of benzene rings is 1. The van der Waals surface area contributed by atoms with Gasteiger partial charge in [-0.2, -0.15) is 0 Å². The van der Waals surface area contributed by atoms with E-state index in [4.69, 9.17) is 0 Å². The van der Waals surface area contributed by atoms with Gasteiger partial charge in [-0.25, -0.2) is 0 Å². The summed E-state index contributed by atoms with van der Waals surface area (Å²) in [6.07, 6.45) is 3.32. The second kappa shape index (κ2) is 9.89. The Morgan fingerprint density at radius 3 is 2.21 bits per heavy atom. The largest absolute Gasteiger partial charge is 0.314 e. The SMILES string of the molecule is CC[C@H](c1ccc(SC)cc1)N1CCNCC1.Cl.Cl. The van der Waals surface area contributed by atoms with Crippen molar-refractivity contribution in [1.29, 1.82) is 0 Å². The maximum Gasteiger partial charge on any atom is 0.0346 e. The average Bonchev–Trinajstić information content (AvgIpc) is 2.42. The molecule has 2 rings (SSSR count). The topological polar surface area (TPSA) is 15.3 Å². The van der Waals surface area contributed by atoms with Crippen molar-refractivity contribution in [3.63, 3.8) is 0 Å². The van der Waals surface area contributed by atoms with Crippen molar-refractivity contribution < 1.29 is 0 Å². The Labute approximate surface area is 133 Å². The van der Waals surface area contributed by atoms with Crippen molar-refractivity contribution in [2.75, 3.05) is 32.4 Å². The van der Waals surface area contributed by atoms with E-state index in [2.05, 4.69) is 47.7 Å². The highest BCUT2D eigenvalue weighted by molar-refractivity contribution is 7.98. The van der Waals surface area contributed by atoms with E-state index in [0.717, 1.165) is 13.1 Å². The molecule has 1 aromatic rings. The lowest BCUT2D eigenvalue weighted by Gasteiger charge is -2.34. The number of rotatable bonds is 4. The first-order chi connectivity index (χ1) is 8.35. The van der Waals surface area contributed by atoms with Crippen molar-refractivity contribution in [2.24, 2.45) is 0 Å². The summed E-state index contributed by atoms with van der Waals surface area (Å²) in [7, 11) is 0. The monoisotopic (exact) mass is 322 g/mol. The summed E-state index contributed by atoms with van der Waals surface area (Å²) in [5.41, 5.74) is 1.47. The summed E-state index contributed by atoms with van der Waals surface area (Å²) in [5.74, 6) is 0. The molecule has 19 heavy (non-hydrogen) atoms. The molecule has 2 nitrogen and oxygen atoms in total. The molecule has 0 radical (unpaired) electrons. The van der Waals surface area contributed by atoms with Gasteiger partial charge in [-0.3, -0.25) is 4.90 Å². The standard InChI is InChI=1S/C14H22N2S.2ClH/c1-3-14(16-10-8-15-9-11-16)12-4-6-13(17-2)7-5-12;;/h4-7,14-15H,3,8-11H2,1-2H3;2*1H/t14-;;/m1../s1. The van der Waals surface area contributed by atoms with Crippen LogP contribution in [0.25, 0.3) is 0 Å². The highest BCUT2D eigenvalue weighted by atomic mass is 35.5. The fourth-order valence-electron chi connectivity index (χ4n) is 2.52. The van der Waals surface area contributed by atoms with E-state index in [-0.39, 0.29) is 24.8 Å². The fraction of sp³-hybridized carbons (Fsp3) is 0.571. The molecule has 1 aromatic carbocycles. The predicted octanol–water partition coefficient (Wildman–Crippen LogP) is 3.61. The molecule has 1 atom stereocenters. The van der Waals surface area contributed by atoms with E-state index in [0.29, 0.717) is 6.04 Å². The molecule has 1 saturated heterocycles. The molecule has 110 valence electrons. The molecule has 1 heterocycles. The van der Waals surface area contributed by atoms with Gasteiger partial charge in [0.05, 0.1) is 0 Å². The van der Waals surface area contributed by atoms with Gasteiger partial charge in [0, 0.05) is 37.1 Å². The molecular weight excluding hydrogens is 299 g/mol. The quantitative estimate of drug-likeness (QED) is 0.852. The average molecular weight is 323 g/mol. The zero-order chi connectivity index (χ0) is 12.1. The number of hydrogen-bond acceptors (Lipinski definition) is 3. The third kappa shape index (κ3) is 5.16. The Morgan fingerprint density at radius 1 is 1.16 bits per heavy atom. The van der Waals surface area contributed by atoms with Crippen molar-refractivity contribution in [3.05, 3.63) is 29.8 Å². The minimum absolute atomic E-state index is 0. The summed E-state index contributed by atoms with van der Waals surface area (Å²) >= 11 is 1.81. The first-order valence-corrected chi connectivity index (χ1v) is 7.66. The van der Waals surface area contributed by atoms with Crippen LogP contribution in [0.15, 0.2) is 29.2 Å². The number of nitrogens with zero attached hydrogens (tertiary/aromatic N) is 1. The summed E-state index contributed by atoms with van der Waals surface area (Å²) in [6.45, 7) is 6.87. The third-order valence-electron chi connectivity index (χ3n) is 3.48. The summed E-state index contributed by atoms with van der Waals surface area (Å²) in [6, 6.07) is 9.66. The van der Waals surface area contributed by atoms with Crippen LogP contribution in [0.2, 0.25) is 0 Å². The number of halogens is 2. The minimum Gasteiger partial charge on any atom is -0.314 e. The third-order valence-corrected chi connectivity index (χ3v) is 4.22. The first-order valence-electron chi connectivity index (χ1n) is 6.44. The Bertz CT molecular complexity index is 340. The van der Waals surface area contributed by atoms with Crippen LogP contribution < -0.4 is 5.32 Å².